The molecule has 0 bridgehead atoms. The molecule has 0 radical (unpaired) electrons. The van der Waals surface area contributed by atoms with Gasteiger partial charge in [-0.05, 0) is 36.1 Å². The Morgan fingerprint density at radius 3 is 2.71 bits per heavy atom. The summed E-state index contributed by atoms with van der Waals surface area (Å²) in [5.41, 5.74) is 1.02. The normalized spacial score (nSPS) is 10.5. The maximum atomic E-state index is 13.1. The first-order chi connectivity index (χ1) is 6.76. The standard InChI is InChI=1S/C11H16FNS/c1-3-13-8-9-5-10(12)7-11(6-9)14-4-2/h5-7,13H,3-4,8H2,1-2H3. The van der Waals surface area contributed by atoms with E-state index in [1.54, 1.807) is 23.9 Å². The molecule has 0 spiro atoms. The van der Waals surface area contributed by atoms with Crippen molar-refractivity contribution >= 4 is 11.8 Å². The Bertz CT molecular complexity index is 289. The first kappa shape index (κ1) is 11.5. The highest BCUT2D eigenvalue weighted by molar-refractivity contribution is 7.99. The minimum atomic E-state index is -0.142. The van der Waals surface area contributed by atoms with Crippen LogP contribution in [0.2, 0.25) is 0 Å². The third-order valence-electron chi connectivity index (χ3n) is 1.82. The van der Waals surface area contributed by atoms with Crippen LogP contribution >= 0.6 is 11.8 Å². The lowest BCUT2D eigenvalue weighted by atomic mass is 10.2. The Kier molecular flexibility index (Phi) is 4.98. The van der Waals surface area contributed by atoms with E-state index in [2.05, 4.69) is 12.2 Å². The lowest BCUT2D eigenvalue weighted by molar-refractivity contribution is 0.617. The van der Waals surface area contributed by atoms with Crippen LogP contribution in [0.1, 0.15) is 19.4 Å². The van der Waals surface area contributed by atoms with Crippen molar-refractivity contribution in [3.63, 3.8) is 0 Å². The van der Waals surface area contributed by atoms with Gasteiger partial charge in [-0.25, -0.2) is 4.39 Å². The quantitative estimate of drug-likeness (QED) is 0.754. The summed E-state index contributed by atoms with van der Waals surface area (Å²) in [5.74, 6) is 0.834. The molecule has 0 aliphatic rings. The molecule has 14 heavy (non-hydrogen) atoms. The number of hydrogen-bond donors (Lipinski definition) is 1. The molecule has 0 fully saturated rings. The molecule has 78 valence electrons. The van der Waals surface area contributed by atoms with E-state index in [4.69, 9.17) is 0 Å². The minimum absolute atomic E-state index is 0.142. The lowest BCUT2D eigenvalue weighted by Gasteiger charge is -2.05. The van der Waals surface area contributed by atoms with Gasteiger partial charge in [-0.3, -0.25) is 0 Å². The number of halogens is 1. The second kappa shape index (κ2) is 6.04. The monoisotopic (exact) mass is 213 g/mol. The molecule has 1 rings (SSSR count). The zero-order chi connectivity index (χ0) is 10.4. The van der Waals surface area contributed by atoms with Gasteiger partial charge in [-0.15, -0.1) is 11.8 Å². The molecule has 0 amide bonds. The van der Waals surface area contributed by atoms with Crippen LogP contribution in [0.5, 0.6) is 0 Å². The summed E-state index contributed by atoms with van der Waals surface area (Å²) < 4.78 is 13.1. The Balaban J connectivity index is 2.73. The van der Waals surface area contributed by atoms with Gasteiger partial charge in [0.2, 0.25) is 0 Å². The van der Waals surface area contributed by atoms with Gasteiger partial charge >= 0.3 is 0 Å². The fourth-order valence-corrected chi connectivity index (χ4v) is 2.01. The SMILES string of the molecule is CCNCc1cc(F)cc(SCC)c1. The van der Waals surface area contributed by atoms with Crippen LogP contribution in [0.15, 0.2) is 23.1 Å². The van der Waals surface area contributed by atoms with Crippen molar-refractivity contribution in [1.82, 2.24) is 5.32 Å². The molecule has 1 N–H and O–H groups in total. The maximum absolute atomic E-state index is 13.1. The molecule has 0 aromatic heterocycles. The molecule has 3 heteroatoms. The van der Waals surface area contributed by atoms with Crippen molar-refractivity contribution in [2.75, 3.05) is 12.3 Å². The van der Waals surface area contributed by atoms with Crippen LogP contribution in [-0.4, -0.2) is 12.3 Å². The topological polar surface area (TPSA) is 12.0 Å². The van der Waals surface area contributed by atoms with Gasteiger partial charge in [-0.2, -0.15) is 0 Å². The highest BCUT2D eigenvalue weighted by Gasteiger charge is 2.00. The van der Waals surface area contributed by atoms with Gasteiger partial charge in [0, 0.05) is 11.4 Å². The Labute approximate surface area is 89.1 Å². The van der Waals surface area contributed by atoms with Crippen molar-refractivity contribution in [1.29, 1.82) is 0 Å². The molecular formula is C11H16FNS. The van der Waals surface area contributed by atoms with Gasteiger partial charge in [0.1, 0.15) is 5.82 Å². The summed E-state index contributed by atoms with van der Waals surface area (Å²) in [5, 5.41) is 3.19. The van der Waals surface area contributed by atoms with Crippen molar-refractivity contribution < 1.29 is 4.39 Å². The number of rotatable bonds is 5. The Morgan fingerprint density at radius 1 is 1.29 bits per heavy atom. The van der Waals surface area contributed by atoms with Gasteiger partial charge < -0.3 is 5.32 Å². The number of benzene rings is 1. The smallest absolute Gasteiger partial charge is 0.124 e. The van der Waals surface area contributed by atoms with E-state index in [0.717, 1.165) is 29.3 Å². The van der Waals surface area contributed by atoms with Crippen LogP contribution in [0, 0.1) is 5.82 Å². The van der Waals surface area contributed by atoms with Crippen molar-refractivity contribution in [3.8, 4) is 0 Å². The van der Waals surface area contributed by atoms with Crippen LogP contribution in [0.4, 0.5) is 4.39 Å². The van der Waals surface area contributed by atoms with E-state index in [-0.39, 0.29) is 5.82 Å². The van der Waals surface area contributed by atoms with E-state index >= 15 is 0 Å². The summed E-state index contributed by atoms with van der Waals surface area (Å²) in [6.45, 7) is 5.76. The van der Waals surface area contributed by atoms with Crippen LogP contribution in [-0.2, 0) is 6.54 Å². The molecule has 0 saturated carbocycles. The zero-order valence-corrected chi connectivity index (χ0v) is 9.46. The van der Waals surface area contributed by atoms with E-state index < -0.39 is 0 Å². The largest absolute Gasteiger partial charge is 0.313 e. The van der Waals surface area contributed by atoms with Gasteiger partial charge in [-0.1, -0.05) is 13.8 Å². The van der Waals surface area contributed by atoms with Crippen LogP contribution < -0.4 is 5.32 Å². The Hall–Kier alpha value is -0.540. The van der Waals surface area contributed by atoms with Crippen molar-refractivity contribution in [2.45, 2.75) is 25.3 Å². The van der Waals surface area contributed by atoms with E-state index in [1.807, 2.05) is 13.0 Å². The summed E-state index contributed by atoms with van der Waals surface area (Å²) in [6.07, 6.45) is 0. The minimum Gasteiger partial charge on any atom is -0.313 e. The van der Waals surface area contributed by atoms with Crippen molar-refractivity contribution in [2.24, 2.45) is 0 Å². The van der Waals surface area contributed by atoms with Crippen molar-refractivity contribution in [3.05, 3.63) is 29.6 Å². The number of nitrogens with one attached hydrogen (secondary N) is 1. The van der Waals surface area contributed by atoms with Crippen LogP contribution in [0.3, 0.4) is 0 Å². The highest BCUT2D eigenvalue weighted by Crippen LogP contribution is 2.20. The molecule has 0 aliphatic heterocycles. The molecule has 0 saturated heterocycles. The van der Waals surface area contributed by atoms with E-state index in [1.165, 1.54) is 0 Å². The lowest BCUT2D eigenvalue weighted by Crippen LogP contribution is -2.11. The average molecular weight is 213 g/mol. The molecule has 0 atom stereocenters. The van der Waals surface area contributed by atoms with Gasteiger partial charge in [0.05, 0.1) is 0 Å². The molecule has 1 aromatic carbocycles. The van der Waals surface area contributed by atoms with Gasteiger partial charge in [0.15, 0.2) is 0 Å². The predicted molar refractivity (Wildman–Crippen MR) is 60.2 cm³/mol. The summed E-state index contributed by atoms with van der Waals surface area (Å²) in [4.78, 5) is 1.01. The Morgan fingerprint density at radius 2 is 2.07 bits per heavy atom. The molecule has 0 heterocycles. The number of hydrogen-bond acceptors (Lipinski definition) is 2. The van der Waals surface area contributed by atoms with E-state index in [9.17, 15) is 4.39 Å². The van der Waals surface area contributed by atoms with Crippen LogP contribution in [0.25, 0.3) is 0 Å². The molecule has 1 nitrogen and oxygen atoms in total. The zero-order valence-electron chi connectivity index (χ0n) is 8.64. The summed E-state index contributed by atoms with van der Waals surface area (Å²) in [6, 6.07) is 5.21. The fourth-order valence-electron chi connectivity index (χ4n) is 1.24. The maximum Gasteiger partial charge on any atom is 0.124 e. The third-order valence-corrected chi connectivity index (χ3v) is 2.68. The first-order valence-corrected chi connectivity index (χ1v) is 5.87. The number of thioether (sulfide) groups is 1. The van der Waals surface area contributed by atoms with Gasteiger partial charge in [0.25, 0.3) is 0 Å². The second-order valence-electron chi connectivity index (χ2n) is 3.01. The second-order valence-corrected chi connectivity index (χ2v) is 4.35. The predicted octanol–water partition coefficient (Wildman–Crippen LogP) is 3.05. The molecule has 0 aliphatic carbocycles. The molecule has 0 unspecified atom stereocenters. The summed E-state index contributed by atoms with van der Waals surface area (Å²) in [7, 11) is 0. The fraction of sp³-hybridized carbons (Fsp3) is 0.455. The third kappa shape index (κ3) is 3.68. The summed E-state index contributed by atoms with van der Waals surface area (Å²) >= 11 is 1.67. The first-order valence-electron chi connectivity index (χ1n) is 4.89. The average Bonchev–Trinajstić information content (AvgIpc) is 2.14. The molecule has 1 aromatic rings. The molecular weight excluding hydrogens is 197 g/mol. The highest BCUT2D eigenvalue weighted by atomic mass is 32.2. The van der Waals surface area contributed by atoms with E-state index in [0.29, 0.717) is 0 Å².